The molecule has 0 bridgehead atoms. The zero-order valence-corrected chi connectivity index (χ0v) is 45.1. The van der Waals surface area contributed by atoms with Crippen molar-refractivity contribution in [1.29, 1.82) is 0 Å². The minimum absolute atomic E-state index is 0.0231. The van der Waals surface area contributed by atoms with E-state index in [2.05, 4.69) is 59.8 Å². The highest BCUT2D eigenvalue weighted by molar-refractivity contribution is 7.93. The Balaban J connectivity index is 0.000000181. The van der Waals surface area contributed by atoms with Crippen molar-refractivity contribution in [2.45, 2.75) is 14.7 Å². The largest absolute Gasteiger partial charge is 0.507 e. The van der Waals surface area contributed by atoms with Gasteiger partial charge in [-0.15, -0.1) is 0 Å². The first-order valence-corrected chi connectivity index (χ1v) is 28.1. The molecule has 30 heteroatoms. The summed E-state index contributed by atoms with van der Waals surface area (Å²) < 4.78 is 81.1. The number of azo groups is 3. The third kappa shape index (κ3) is 17.1. The second-order valence-corrected chi connectivity index (χ2v) is 21.6. The van der Waals surface area contributed by atoms with Gasteiger partial charge in [-0.2, -0.15) is 30.7 Å². The topological polar surface area (TPSA) is 424 Å². The van der Waals surface area contributed by atoms with E-state index in [1.165, 1.54) is 164 Å². The van der Waals surface area contributed by atoms with E-state index in [1.54, 1.807) is 36.4 Å². The first kappa shape index (κ1) is 60.3. The number of anilines is 3. The third-order valence-electron chi connectivity index (χ3n) is 10.6. The summed E-state index contributed by atoms with van der Waals surface area (Å²) >= 11 is 0. The number of aromatic carboxylic acids is 3. The monoisotopic (exact) mass is 1190 g/mol. The van der Waals surface area contributed by atoms with Gasteiger partial charge >= 0.3 is 17.9 Å². The number of hydrogen-bond donors (Lipinski definition) is 9. The standard InChI is InChI=1S/3C18H14N4O5S/c3*23-16-9-6-13(11-15(16)18(24)25)21-20-12-4-7-14(8-5-12)28(26,27)22-17-3-1-2-10-19-17/h3*1-11,23H,(H,19,22)(H,24,25). The van der Waals surface area contributed by atoms with E-state index < -0.39 is 48.0 Å². The van der Waals surface area contributed by atoms with Gasteiger partial charge in [0.15, 0.2) is 0 Å². The molecule has 0 saturated heterocycles. The number of carboxylic acid groups (broad SMARTS) is 3. The third-order valence-corrected chi connectivity index (χ3v) is 14.7. The number of nitrogens with one attached hydrogen (secondary N) is 3. The van der Waals surface area contributed by atoms with E-state index in [0.717, 1.165) is 0 Å². The number of hydrogen-bond acceptors (Lipinski definition) is 21. The molecule has 0 atom stereocenters. The molecule has 3 aromatic heterocycles. The Kier molecular flexibility index (Phi) is 19.5. The molecule has 27 nitrogen and oxygen atoms in total. The molecule has 426 valence electrons. The van der Waals surface area contributed by atoms with Crippen LogP contribution in [0.2, 0.25) is 0 Å². The molecule has 9 aromatic rings. The summed E-state index contributed by atoms with van der Waals surface area (Å²) in [6.07, 6.45) is 4.42. The number of carbonyl (C=O) groups is 3. The van der Waals surface area contributed by atoms with Crippen molar-refractivity contribution in [2.24, 2.45) is 30.7 Å². The number of carboxylic acids is 3. The van der Waals surface area contributed by atoms with Gasteiger partial charge in [0, 0.05) is 18.6 Å². The summed E-state index contributed by atoms with van der Waals surface area (Å²) in [4.78, 5) is 44.8. The summed E-state index contributed by atoms with van der Waals surface area (Å²) in [5.41, 5.74) is 0.886. The average molecular weight is 1200 g/mol. The highest BCUT2D eigenvalue weighted by Crippen LogP contribution is 2.30. The van der Waals surface area contributed by atoms with E-state index in [4.69, 9.17) is 15.3 Å². The number of pyridine rings is 3. The number of sulfonamides is 3. The Bertz CT molecular complexity index is 3830. The molecular weight excluding hydrogens is 1150 g/mol. The average Bonchev–Trinajstić information content (AvgIpc) is 3.52. The van der Waals surface area contributed by atoms with Crippen molar-refractivity contribution >= 4 is 99.6 Å². The quantitative estimate of drug-likeness (QED) is 0.0360. The molecule has 84 heavy (non-hydrogen) atoms. The van der Waals surface area contributed by atoms with Gasteiger partial charge in [0.1, 0.15) is 51.4 Å². The minimum atomic E-state index is -3.79. The summed E-state index contributed by atoms with van der Waals surface area (Å²) in [7, 11) is -11.4. The zero-order valence-electron chi connectivity index (χ0n) is 42.7. The van der Waals surface area contributed by atoms with E-state index in [-0.39, 0.29) is 83.1 Å². The number of phenols is 3. The second-order valence-electron chi connectivity index (χ2n) is 16.6. The highest BCUT2D eigenvalue weighted by Gasteiger charge is 2.18. The molecule has 0 fully saturated rings. The van der Waals surface area contributed by atoms with Gasteiger partial charge in [-0.05, 0) is 164 Å². The van der Waals surface area contributed by atoms with Crippen LogP contribution in [0.25, 0.3) is 0 Å². The van der Waals surface area contributed by atoms with Crippen LogP contribution < -0.4 is 14.2 Å². The number of nitrogens with zero attached hydrogens (tertiary/aromatic N) is 9. The molecule has 0 radical (unpaired) electrons. The van der Waals surface area contributed by atoms with E-state index >= 15 is 0 Å². The molecule has 0 saturated carbocycles. The number of benzene rings is 6. The van der Waals surface area contributed by atoms with Crippen LogP contribution in [-0.4, -0.2) is 88.8 Å². The molecule has 0 amide bonds. The van der Waals surface area contributed by atoms with Gasteiger partial charge in [0.05, 0.1) is 48.8 Å². The molecule has 9 N–H and O–H groups in total. The Morgan fingerprint density at radius 3 is 0.762 bits per heavy atom. The summed E-state index contributed by atoms with van der Waals surface area (Å²) in [5, 5.41) is 78.9. The summed E-state index contributed by atoms with van der Waals surface area (Å²) in [6.45, 7) is 0. The van der Waals surface area contributed by atoms with Gasteiger partial charge in [0.25, 0.3) is 30.1 Å². The predicted octanol–water partition coefficient (Wildman–Crippen LogP) is 11.1. The Morgan fingerprint density at radius 2 is 0.548 bits per heavy atom. The van der Waals surface area contributed by atoms with Crippen LogP contribution in [0.5, 0.6) is 17.2 Å². The van der Waals surface area contributed by atoms with Crippen molar-refractivity contribution in [3.8, 4) is 17.2 Å². The molecule has 0 aliphatic carbocycles. The van der Waals surface area contributed by atoms with Crippen LogP contribution in [0, 0.1) is 0 Å². The van der Waals surface area contributed by atoms with Gasteiger partial charge in [-0.3, -0.25) is 14.2 Å². The smallest absolute Gasteiger partial charge is 0.339 e. The fourth-order valence-electron chi connectivity index (χ4n) is 6.55. The molecule has 6 aromatic carbocycles. The fourth-order valence-corrected chi connectivity index (χ4v) is 9.58. The number of aromatic nitrogens is 3. The normalized spacial score (nSPS) is 11.4. The molecule has 3 heterocycles. The maximum absolute atomic E-state index is 12.3. The lowest BCUT2D eigenvalue weighted by atomic mass is 10.2. The molecule has 0 spiro atoms. The Morgan fingerprint density at radius 1 is 0.321 bits per heavy atom. The fraction of sp³-hybridized carbons (Fsp3) is 0. The minimum Gasteiger partial charge on any atom is -0.507 e. The Hall–Kier alpha value is -11.4. The van der Waals surface area contributed by atoms with E-state index in [0.29, 0.717) is 17.1 Å². The lowest BCUT2D eigenvalue weighted by molar-refractivity contribution is 0.0682. The molecular formula is C54H42N12O15S3. The lowest BCUT2D eigenvalue weighted by Gasteiger charge is -2.07. The SMILES string of the molecule is O=C(O)c1cc(N=Nc2ccc(S(=O)(=O)Nc3ccccn3)cc2)ccc1O.O=C(O)c1cc(N=Nc2ccc(S(=O)(=O)Nc3ccccn3)cc2)ccc1O.O=C(O)c1cc(N=Nc2ccc(S(=O)(=O)Nc3ccccn3)cc2)ccc1O. The predicted molar refractivity (Wildman–Crippen MR) is 302 cm³/mol. The number of rotatable bonds is 18. The summed E-state index contributed by atoms with van der Waals surface area (Å²) in [5.74, 6) is -4.38. The Labute approximate surface area is 476 Å². The highest BCUT2D eigenvalue weighted by atomic mass is 32.2. The van der Waals surface area contributed by atoms with Crippen LogP contribution in [-0.2, 0) is 30.1 Å². The van der Waals surface area contributed by atoms with Crippen LogP contribution in [0.1, 0.15) is 31.1 Å². The molecule has 9 rings (SSSR count). The maximum atomic E-state index is 12.3. The van der Waals surface area contributed by atoms with Crippen molar-refractivity contribution in [3.63, 3.8) is 0 Å². The lowest BCUT2D eigenvalue weighted by Crippen LogP contribution is -2.13. The van der Waals surface area contributed by atoms with Gasteiger partial charge in [-0.25, -0.2) is 54.6 Å². The van der Waals surface area contributed by atoms with E-state index in [9.17, 15) is 55.0 Å². The first-order chi connectivity index (χ1) is 40.0. The van der Waals surface area contributed by atoms with Gasteiger partial charge in [0.2, 0.25) is 0 Å². The van der Waals surface area contributed by atoms with Gasteiger partial charge < -0.3 is 30.6 Å². The van der Waals surface area contributed by atoms with Crippen LogP contribution in [0.4, 0.5) is 51.6 Å². The van der Waals surface area contributed by atoms with Gasteiger partial charge in [-0.1, -0.05) is 18.2 Å². The first-order valence-electron chi connectivity index (χ1n) is 23.6. The zero-order chi connectivity index (χ0) is 60.4. The van der Waals surface area contributed by atoms with Crippen LogP contribution >= 0.6 is 0 Å². The summed E-state index contributed by atoms with van der Waals surface area (Å²) in [6, 6.07) is 42.8. The van der Waals surface area contributed by atoms with Crippen LogP contribution in [0.3, 0.4) is 0 Å². The van der Waals surface area contributed by atoms with Crippen molar-refractivity contribution in [3.05, 3.63) is 217 Å². The van der Waals surface area contributed by atoms with Crippen molar-refractivity contribution in [1.82, 2.24) is 15.0 Å². The second kappa shape index (κ2) is 27.2. The molecule has 0 unspecified atom stereocenters. The molecule has 0 aliphatic heterocycles. The van der Waals surface area contributed by atoms with Crippen LogP contribution in [0.15, 0.2) is 246 Å². The maximum Gasteiger partial charge on any atom is 0.339 e. The van der Waals surface area contributed by atoms with Crippen molar-refractivity contribution < 1.29 is 70.3 Å². The number of aromatic hydroxyl groups is 3. The van der Waals surface area contributed by atoms with Crippen molar-refractivity contribution in [2.75, 3.05) is 14.2 Å². The molecule has 0 aliphatic rings. The van der Waals surface area contributed by atoms with E-state index in [1.807, 2.05) is 0 Å².